The van der Waals surface area contributed by atoms with Crippen LogP contribution in [0.2, 0.25) is 0 Å². The smallest absolute Gasteiger partial charge is 0.341 e. The maximum absolute atomic E-state index is 11.7. The molecule has 1 aromatic carbocycles. The molecule has 0 fully saturated rings. The van der Waals surface area contributed by atoms with Crippen LogP contribution in [0, 0.1) is 0 Å². The van der Waals surface area contributed by atoms with E-state index in [9.17, 15) is 4.79 Å². The molecule has 0 radical (unpaired) electrons. The fraction of sp³-hybridized carbons (Fsp3) is 0.188. The van der Waals surface area contributed by atoms with Gasteiger partial charge in [0.2, 0.25) is 0 Å². The molecule has 3 heteroatoms. The molecule has 0 amide bonds. The number of methoxy groups -OCH3 is 2. The Bertz CT molecular complexity index is 551. The first kappa shape index (κ1) is 13.1. The van der Waals surface area contributed by atoms with Crippen molar-refractivity contribution in [2.45, 2.75) is 6.42 Å². The van der Waals surface area contributed by atoms with E-state index in [1.807, 2.05) is 42.5 Å². The van der Waals surface area contributed by atoms with Crippen molar-refractivity contribution < 1.29 is 14.3 Å². The molecular weight excluding hydrogens is 240 g/mol. The molecule has 0 atom stereocenters. The monoisotopic (exact) mass is 256 g/mol. The second-order valence-corrected chi connectivity index (χ2v) is 4.11. The summed E-state index contributed by atoms with van der Waals surface area (Å²) in [4.78, 5) is 11.7. The standard InChI is InChI=1S/C16H16O3/c1-18-15-11-9-13(12-6-4-3-5-7-12)8-10-14(15)16(17)19-2/h3-8,10-11H,9H2,1-2H3. The maximum Gasteiger partial charge on any atom is 0.341 e. The molecular formula is C16H16O3. The summed E-state index contributed by atoms with van der Waals surface area (Å²) in [7, 11) is 2.92. The third kappa shape index (κ3) is 2.94. The molecule has 3 nitrogen and oxygen atoms in total. The van der Waals surface area contributed by atoms with E-state index in [0.29, 0.717) is 17.8 Å². The lowest BCUT2D eigenvalue weighted by Gasteiger charge is -2.07. The van der Waals surface area contributed by atoms with E-state index in [1.165, 1.54) is 7.11 Å². The topological polar surface area (TPSA) is 35.5 Å². The lowest BCUT2D eigenvalue weighted by atomic mass is 10.0. The van der Waals surface area contributed by atoms with Crippen LogP contribution in [-0.4, -0.2) is 20.2 Å². The SMILES string of the molecule is COC(=O)C1=CC=C(c2ccccc2)CC=C1OC. The van der Waals surface area contributed by atoms with Crippen molar-refractivity contribution in [2.75, 3.05) is 14.2 Å². The van der Waals surface area contributed by atoms with Crippen LogP contribution in [-0.2, 0) is 14.3 Å². The molecule has 1 aliphatic carbocycles. The largest absolute Gasteiger partial charge is 0.496 e. The van der Waals surface area contributed by atoms with Crippen LogP contribution in [0.25, 0.3) is 5.57 Å². The molecule has 1 aliphatic rings. The van der Waals surface area contributed by atoms with E-state index in [2.05, 4.69) is 0 Å². The van der Waals surface area contributed by atoms with E-state index in [4.69, 9.17) is 9.47 Å². The lowest BCUT2D eigenvalue weighted by Crippen LogP contribution is -2.07. The Balaban J connectivity index is 2.37. The van der Waals surface area contributed by atoms with Crippen LogP contribution in [0.3, 0.4) is 0 Å². The van der Waals surface area contributed by atoms with Crippen LogP contribution in [0.1, 0.15) is 12.0 Å². The Morgan fingerprint density at radius 1 is 1.11 bits per heavy atom. The minimum Gasteiger partial charge on any atom is -0.496 e. The van der Waals surface area contributed by atoms with Gasteiger partial charge in [-0.05, 0) is 29.7 Å². The van der Waals surface area contributed by atoms with E-state index in [0.717, 1.165) is 11.1 Å². The van der Waals surface area contributed by atoms with Crippen molar-refractivity contribution in [2.24, 2.45) is 0 Å². The molecule has 1 aromatic rings. The molecule has 0 N–H and O–H groups in total. The van der Waals surface area contributed by atoms with E-state index >= 15 is 0 Å². The second-order valence-electron chi connectivity index (χ2n) is 4.11. The second kappa shape index (κ2) is 6.05. The number of ether oxygens (including phenoxy) is 2. The van der Waals surface area contributed by atoms with E-state index in [1.54, 1.807) is 13.2 Å². The summed E-state index contributed by atoms with van der Waals surface area (Å²) in [5.41, 5.74) is 2.71. The van der Waals surface area contributed by atoms with Gasteiger partial charge in [-0.1, -0.05) is 36.4 Å². The summed E-state index contributed by atoms with van der Waals surface area (Å²) >= 11 is 0. The molecule has 0 spiro atoms. The third-order valence-corrected chi connectivity index (χ3v) is 2.99. The zero-order valence-corrected chi connectivity index (χ0v) is 11.1. The molecule has 0 heterocycles. The van der Waals surface area contributed by atoms with Gasteiger partial charge < -0.3 is 9.47 Å². The summed E-state index contributed by atoms with van der Waals surface area (Å²) < 4.78 is 10.0. The van der Waals surface area contributed by atoms with Crippen molar-refractivity contribution in [1.82, 2.24) is 0 Å². The summed E-state index contributed by atoms with van der Waals surface area (Å²) in [6, 6.07) is 10.1. The molecule has 2 rings (SSSR count). The maximum atomic E-state index is 11.7. The van der Waals surface area contributed by atoms with Crippen molar-refractivity contribution in [3.05, 3.63) is 65.5 Å². The normalized spacial score (nSPS) is 14.7. The summed E-state index contributed by atoms with van der Waals surface area (Å²) in [5.74, 6) is 0.160. The van der Waals surface area contributed by atoms with Crippen LogP contribution >= 0.6 is 0 Å². The van der Waals surface area contributed by atoms with E-state index in [-0.39, 0.29) is 0 Å². The zero-order valence-electron chi connectivity index (χ0n) is 11.1. The highest BCUT2D eigenvalue weighted by Gasteiger charge is 2.17. The Hall–Kier alpha value is -2.29. The molecule has 19 heavy (non-hydrogen) atoms. The van der Waals surface area contributed by atoms with Gasteiger partial charge in [0.1, 0.15) is 11.3 Å². The van der Waals surface area contributed by atoms with Crippen molar-refractivity contribution >= 4 is 11.5 Å². The predicted octanol–water partition coefficient (Wildman–Crippen LogP) is 3.10. The number of hydrogen-bond acceptors (Lipinski definition) is 3. The molecule has 0 aromatic heterocycles. The van der Waals surface area contributed by atoms with E-state index < -0.39 is 5.97 Å². The molecule has 0 saturated heterocycles. The summed E-state index contributed by atoms with van der Waals surface area (Å²) in [5, 5.41) is 0. The van der Waals surface area contributed by atoms with Gasteiger partial charge in [-0.3, -0.25) is 0 Å². The van der Waals surface area contributed by atoms with Crippen LogP contribution in [0.4, 0.5) is 0 Å². The predicted molar refractivity (Wildman–Crippen MR) is 74.2 cm³/mol. The highest BCUT2D eigenvalue weighted by atomic mass is 16.5. The number of benzene rings is 1. The first-order chi connectivity index (χ1) is 9.26. The van der Waals surface area contributed by atoms with Crippen LogP contribution in [0.15, 0.2) is 59.9 Å². The number of esters is 1. The Kier molecular flexibility index (Phi) is 4.18. The minimum absolute atomic E-state index is 0.390. The highest BCUT2D eigenvalue weighted by Crippen LogP contribution is 2.25. The van der Waals surface area contributed by atoms with Gasteiger partial charge in [0, 0.05) is 0 Å². The average Bonchev–Trinajstić information content (AvgIpc) is 2.69. The van der Waals surface area contributed by atoms with Gasteiger partial charge in [0.05, 0.1) is 14.2 Å². The van der Waals surface area contributed by atoms with Gasteiger partial charge in [-0.2, -0.15) is 0 Å². The van der Waals surface area contributed by atoms with Gasteiger partial charge >= 0.3 is 5.97 Å². The van der Waals surface area contributed by atoms with Gasteiger partial charge in [0.25, 0.3) is 0 Å². The summed E-state index contributed by atoms with van der Waals surface area (Å²) in [6.45, 7) is 0. The molecule has 98 valence electrons. The zero-order chi connectivity index (χ0) is 13.7. The number of carbonyl (C=O) groups excluding carboxylic acids is 1. The average molecular weight is 256 g/mol. The number of rotatable bonds is 3. The van der Waals surface area contributed by atoms with Gasteiger partial charge in [-0.15, -0.1) is 0 Å². The quantitative estimate of drug-likeness (QED) is 0.779. The molecule has 0 bridgehead atoms. The third-order valence-electron chi connectivity index (χ3n) is 2.99. The molecule has 0 aliphatic heterocycles. The first-order valence-corrected chi connectivity index (χ1v) is 6.05. The Morgan fingerprint density at radius 3 is 2.47 bits per heavy atom. The minimum atomic E-state index is -0.390. The summed E-state index contributed by atoms with van der Waals surface area (Å²) in [6.07, 6.45) is 6.29. The number of hydrogen-bond donors (Lipinski definition) is 0. The number of allylic oxidation sites excluding steroid dienone is 4. The Labute approximate surface area is 112 Å². The van der Waals surface area contributed by atoms with Crippen LogP contribution in [0.5, 0.6) is 0 Å². The van der Waals surface area contributed by atoms with Crippen molar-refractivity contribution in [3.63, 3.8) is 0 Å². The molecule has 0 unspecified atom stereocenters. The lowest BCUT2D eigenvalue weighted by molar-refractivity contribution is -0.136. The van der Waals surface area contributed by atoms with Crippen molar-refractivity contribution in [3.8, 4) is 0 Å². The Morgan fingerprint density at radius 2 is 1.84 bits per heavy atom. The van der Waals surface area contributed by atoms with Gasteiger partial charge in [-0.25, -0.2) is 4.79 Å². The van der Waals surface area contributed by atoms with Gasteiger partial charge in [0.15, 0.2) is 0 Å². The highest BCUT2D eigenvalue weighted by molar-refractivity contribution is 5.94. The number of carbonyl (C=O) groups is 1. The first-order valence-electron chi connectivity index (χ1n) is 6.05. The fourth-order valence-corrected chi connectivity index (χ4v) is 1.98. The fourth-order valence-electron chi connectivity index (χ4n) is 1.98. The van der Waals surface area contributed by atoms with Crippen LogP contribution < -0.4 is 0 Å². The van der Waals surface area contributed by atoms with Crippen molar-refractivity contribution in [1.29, 1.82) is 0 Å². The molecule has 0 saturated carbocycles.